The van der Waals surface area contributed by atoms with Gasteiger partial charge in [0.05, 0.1) is 12.5 Å². The maximum atomic E-state index is 11.8. The molecule has 0 aliphatic heterocycles. The van der Waals surface area contributed by atoms with E-state index in [1.54, 1.807) is 7.05 Å². The SMILES string of the molecule is CNC(C)CCC(=O)NC(CCCOP(O)CC(CCC(=O)O)C(=O)O)C(=O)O. The molecule has 0 aromatic rings. The highest BCUT2D eigenvalue weighted by molar-refractivity contribution is 7.46. The minimum absolute atomic E-state index is 0.0100. The molecule has 0 radical (unpaired) electrons. The summed E-state index contributed by atoms with van der Waals surface area (Å²) >= 11 is 0. The van der Waals surface area contributed by atoms with Gasteiger partial charge < -0.3 is 35.4 Å². The van der Waals surface area contributed by atoms with Crippen molar-refractivity contribution < 1.29 is 43.9 Å². The van der Waals surface area contributed by atoms with Crippen LogP contribution in [-0.4, -0.2) is 75.9 Å². The second-order valence-electron chi connectivity index (χ2n) is 6.66. The van der Waals surface area contributed by atoms with E-state index in [4.69, 9.17) is 14.7 Å². The summed E-state index contributed by atoms with van der Waals surface area (Å²) < 4.78 is 5.15. The number of amides is 1. The Kier molecular flexibility index (Phi) is 14.1. The molecule has 4 atom stereocenters. The summed E-state index contributed by atoms with van der Waals surface area (Å²) in [5.41, 5.74) is 0. The van der Waals surface area contributed by atoms with Gasteiger partial charge in [-0.25, -0.2) is 4.79 Å². The van der Waals surface area contributed by atoms with E-state index in [-0.39, 0.29) is 56.8 Å². The minimum atomic E-state index is -2.08. The number of nitrogens with one attached hydrogen (secondary N) is 2. The number of carboxylic acids is 3. The molecular formula is C17H31N2O9P. The van der Waals surface area contributed by atoms with Gasteiger partial charge >= 0.3 is 17.9 Å². The zero-order valence-corrected chi connectivity index (χ0v) is 17.6. The predicted molar refractivity (Wildman–Crippen MR) is 105 cm³/mol. The maximum Gasteiger partial charge on any atom is 0.326 e. The van der Waals surface area contributed by atoms with Crippen molar-refractivity contribution >= 4 is 32.2 Å². The summed E-state index contributed by atoms with van der Waals surface area (Å²) in [6.07, 6.45) is 0.431. The zero-order chi connectivity index (χ0) is 22.4. The topological polar surface area (TPSA) is 182 Å². The number of carbonyl (C=O) groups is 4. The average molecular weight is 438 g/mol. The normalized spacial score (nSPS) is 15.1. The maximum absolute atomic E-state index is 11.8. The van der Waals surface area contributed by atoms with E-state index >= 15 is 0 Å². The van der Waals surface area contributed by atoms with Crippen molar-refractivity contribution in [1.29, 1.82) is 0 Å². The van der Waals surface area contributed by atoms with Crippen LogP contribution in [0.4, 0.5) is 0 Å². The van der Waals surface area contributed by atoms with E-state index in [0.717, 1.165) is 0 Å². The highest BCUT2D eigenvalue weighted by atomic mass is 31.2. The molecule has 0 spiro atoms. The standard InChI is InChI=1S/C17H31N2O9P/c1-11(18-2)5-7-14(20)19-13(17(25)26)4-3-9-28-29(27)10-12(16(23)24)6-8-15(21)22/h11-13,18,27H,3-10H2,1-2H3,(H,19,20)(H,21,22)(H,23,24)(H,25,26). The molecule has 0 aliphatic rings. The molecule has 0 aliphatic carbocycles. The first kappa shape index (κ1) is 27.2. The molecule has 0 saturated heterocycles. The second kappa shape index (κ2) is 15.1. The molecule has 11 nitrogen and oxygen atoms in total. The molecule has 0 aromatic carbocycles. The summed E-state index contributed by atoms with van der Waals surface area (Å²) in [6.45, 7) is 1.90. The summed E-state index contributed by atoms with van der Waals surface area (Å²) in [4.78, 5) is 54.6. The summed E-state index contributed by atoms with van der Waals surface area (Å²) in [5, 5.41) is 32.3. The van der Waals surface area contributed by atoms with Crippen LogP contribution < -0.4 is 10.6 Å². The molecule has 0 saturated carbocycles. The molecule has 0 fully saturated rings. The van der Waals surface area contributed by atoms with Gasteiger partial charge in [-0.15, -0.1) is 0 Å². The Bertz CT molecular complexity index is 547. The summed E-state index contributed by atoms with van der Waals surface area (Å²) in [5.74, 6) is -4.91. The van der Waals surface area contributed by atoms with E-state index < -0.39 is 38.2 Å². The van der Waals surface area contributed by atoms with Crippen molar-refractivity contribution in [2.75, 3.05) is 19.8 Å². The fourth-order valence-corrected chi connectivity index (χ4v) is 3.47. The Hall–Kier alpha value is -1.81. The molecule has 29 heavy (non-hydrogen) atoms. The third kappa shape index (κ3) is 13.9. The fraction of sp³-hybridized carbons (Fsp3) is 0.765. The number of carboxylic acid groups (broad SMARTS) is 3. The molecule has 6 N–H and O–H groups in total. The van der Waals surface area contributed by atoms with E-state index in [1.807, 2.05) is 6.92 Å². The lowest BCUT2D eigenvalue weighted by molar-refractivity contribution is -0.143. The van der Waals surface area contributed by atoms with Crippen LogP contribution in [0.15, 0.2) is 0 Å². The molecule has 12 heteroatoms. The van der Waals surface area contributed by atoms with Crippen molar-refractivity contribution in [3.05, 3.63) is 0 Å². The predicted octanol–water partition coefficient (Wildman–Crippen LogP) is 0.611. The number of aliphatic carboxylic acids is 3. The summed E-state index contributed by atoms with van der Waals surface area (Å²) in [7, 11) is -0.309. The van der Waals surface area contributed by atoms with Crippen LogP contribution in [0.2, 0.25) is 0 Å². The van der Waals surface area contributed by atoms with Crippen LogP contribution in [0, 0.1) is 5.92 Å². The van der Waals surface area contributed by atoms with Gasteiger partial charge in [-0.2, -0.15) is 0 Å². The fourth-order valence-electron chi connectivity index (χ4n) is 2.30. The Balaban J connectivity index is 4.27. The third-order valence-corrected chi connectivity index (χ3v) is 5.47. The minimum Gasteiger partial charge on any atom is -0.481 e. The number of carbonyl (C=O) groups excluding carboxylic acids is 1. The zero-order valence-electron chi connectivity index (χ0n) is 16.7. The monoisotopic (exact) mass is 438 g/mol. The highest BCUT2D eigenvalue weighted by Gasteiger charge is 2.24. The first-order chi connectivity index (χ1) is 13.6. The van der Waals surface area contributed by atoms with Crippen molar-refractivity contribution in [1.82, 2.24) is 10.6 Å². The van der Waals surface area contributed by atoms with Crippen molar-refractivity contribution in [2.45, 2.75) is 57.5 Å². The first-order valence-corrected chi connectivity index (χ1v) is 10.7. The second-order valence-corrected chi connectivity index (χ2v) is 7.99. The highest BCUT2D eigenvalue weighted by Crippen LogP contribution is 2.35. The lowest BCUT2D eigenvalue weighted by Crippen LogP contribution is -2.41. The van der Waals surface area contributed by atoms with Crippen LogP contribution in [0.1, 0.15) is 45.4 Å². The lowest BCUT2D eigenvalue weighted by atomic mass is 10.1. The van der Waals surface area contributed by atoms with Gasteiger partial charge in [-0.05, 0) is 39.7 Å². The van der Waals surface area contributed by atoms with Gasteiger partial charge in [0, 0.05) is 25.0 Å². The largest absolute Gasteiger partial charge is 0.481 e. The van der Waals surface area contributed by atoms with E-state index in [2.05, 4.69) is 10.6 Å². The quantitative estimate of drug-likeness (QED) is 0.139. The van der Waals surface area contributed by atoms with Gasteiger partial charge in [0.1, 0.15) is 6.04 Å². The van der Waals surface area contributed by atoms with E-state index in [9.17, 15) is 29.2 Å². The van der Waals surface area contributed by atoms with Crippen LogP contribution in [0.3, 0.4) is 0 Å². The number of hydrogen-bond acceptors (Lipinski definition) is 7. The van der Waals surface area contributed by atoms with Gasteiger partial charge in [-0.3, -0.25) is 14.4 Å². The van der Waals surface area contributed by atoms with Gasteiger partial charge in [-0.1, -0.05) is 0 Å². The Labute approximate surface area is 170 Å². The number of rotatable bonds is 17. The Morgan fingerprint density at radius 1 is 1.00 bits per heavy atom. The molecule has 0 rings (SSSR count). The van der Waals surface area contributed by atoms with Crippen molar-refractivity contribution in [3.63, 3.8) is 0 Å². The molecule has 168 valence electrons. The molecule has 0 heterocycles. The van der Waals surface area contributed by atoms with Crippen molar-refractivity contribution in [3.8, 4) is 0 Å². The van der Waals surface area contributed by atoms with Gasteiger partial charge in [0.2, 0.25) is 5.91 Å². The number of hydrogen-bond donors (Lipinski definition) is 6. The first-order valence-electron chi connectivity index (χ1n) is 9.30. The molecule has 1 amide bonds. The van der Waals surface area contributed by atoms with Gasteiger partial charge in [0.25, 0.3) is 0 Å². The molecular weight excluding hydrogens is 407 g/mol. The van der Waals surface area contributed by atoms with Crippen LogP contribution >= 0.6 is 8.38 Å². The van der Waals surface area contributed by atoms with Crippen LogP contribution in [0.5, 0.6) is 0 Å². The van der Waals surface area contributed by atoms with E-state index in [0.29, 0.717) is 6.42 Å². The van der Waals surface area contributed by atoms with Gasteiger partial charge in [0.15, 0.2) is 8.38 Å². The third-order valence-electron chi connectivity index (χ3n) is 4.24. The lowest BCUT2D eigenvalue weighted by Gasteiger charge is -2.18. The summed E-state index contributed by atoms with van der Waals surface area (Å²) in [6, 6.07) is -0.949. The smallest absolute Gasteiger partial charge is 0.326 e. The molecule has 0 bridgehead atoms. The Morgan fingerprint density at radius 2 is 1.66 bits per heavy atom. The molecule has 0 aromatic heterocycles. The van der Waals surface area contributed by atoms with E-state index in [1.165, 1.54) is 0 Å². The van der Waals surface area contributed by atoms with Crippen LogP contribution in [0.25, 0.3) is 0 Å². The van der Waals surface area contributed by atoms with Crippen LogP contribution in [-0.2, 0) is 23.7 Å². The average Bonchev–Trinajstić information content (AvgIpc) is 2.64. The molecule has 4 unspecified atom stereocenters. The Morgan fingerprint density at radius 3 is 2.17 bits per heavy atom. The van der Waals surface area contributed by atoms with Crippen molar-refractivity contribution in [2.24, 2.45) is 5.92 Å².